The molecular formula is C9H17FN2O. The van der Waals surface area contributed by atoms with Crippen molar-refractivity contribution in [3.05, 3.63) is 0 Å². The molecule has 1 aliphatic heterocycles. The Balaban J connectivity index is 2.34. The average molecular weight is 188 g/mol. The van der Waals surface area contributed by atoms with Crippen molar-refractivity contribution < 1.29 is 9.18 Å². The summed E-state index contributed by atoms with van der Waals surface area (Å²) in [5, 5.41) is 2.54. The lowest BCUT2D eigenvalue weighted by molar-refractivity contribution is -0.121. The number of carbonyl (C=O) groups is 1. The van der Waals surface area contributed by atoms with Gasteiger partial charge in [0.05, 0.1) is 6.54 Å². The maximum Gasteiger partial charge on any atom is 0.233 e. The Morgan fingerprint density at radius 1 is 1.62 bits per heavy atom. The number of likely N-dealkylation sites (tertiary alicyclic amines) is 1. The molecular weight excluding hydrogens is 171 g/mol. The van der Waals surface area contributed by atoms with Gasteiger partial charge in [-0.2, -0.15) is 0 Å². The van der Waals surface area contributed by atoms with E-state index in [0.717, 1.165) is 19.4 Å². The zero-order chi connectivity index (χ0) is 9.68. The van der Waals surface area contributed by atoms with Crippen molar-refractivity contribution in [3.8, 4) is 0 Å². The van der Waals surface area contributed by atoms with Gasteiger partial charge in [-0.1, -0.05) is 0 Å². The zero-order valence-corrected chi connectivity index (χ0v) is 8.05. The van der Waals surface area contributed by atoms with E-state index < -0.39 is 6.17 Å². The average Bonchev–Trinajstić information content (AvgIpc) is 2.30. The fourth-order valence-corrected chi connectivity index (χ4v) is 1.59. The third kappa shape index (κ3) is 3.72. The van der Waals surface area contributed by atoms with Crippen molar-refractivity contribution in [3.63, 3.8) is 0 Å². The molecule has 13 heavy (non-hydrogen) atoms. The summed E-state index contributed by atoms with van der Waals surface area (Å²) in [6.07, 6.45) is 1.82. The SMILES string of the molecule is CNC(=O)CN1CCCCC(F)C1. The number of rotatable bonds is 2. The number of hydrogen-bond acceptors (Lipinski definition) is 2. The minimum Gasteiger partial charge on any atom is -0.358 e. The Morgan fingerprint density at radius 2 is 2.38 bits per heavy atom. The molecule has 1 aliphatic rings. The molecule has 0 aromatic rings. The first-order valence-corrected chi connectivity index (χ1v) is 4.79. The van der Waals surface area contributed by atoms with Crippen LogP contribution in [0.15, 0.2) is 0 Å². The quantitative estimate of drug-likeness (QED) is 0.686. The van der Waals surface area contributed by atoms with Crippen molar-refractivity contribution in [2.24, 2.45) is 0 Å². The molecule has 0 spiro atoms. The third-order valence-electron chi connectivity index (χ3n) is 2.34. The summed E-state index contributed by atoms with van der Waals surface area (Å²) in [4.78, 5) is 12.9. The smallest absolute Gasteiger partial charge is 0.233 e. The Bertz CT molecular complexity index is 175. The second kappa shape index (κ2) is 5.17. The highest BCUT2D eigenvalue weighted by Crippen LogP contribution is 2.12. The molecule has 4 heteroatoms. The van der Waals surface area contributed by atoms with Crippen LogP contribution in [0.2, 0.25) is 0 Å². The first-order valence-electron chi connectivity index (χ1n) is 4.79. The van der Waals surface area contributed by atoms with Crippen molar-refractivity contribution in [1.29, 1.82) is 0 Å². The Hall–Kier alpha value is -0.640. The Kier molecular flexibility index (Phi) is 4.15. The molecule has 1 heterocycles. The van der Waals surface area contributed by atoms with Crippen LogP contribution in [0.25, 0.3) is 0 Å². The summed E-state index contributed by atoms with van der Waals surface area (Å²) in [6.45, 7) is 1.58. The van der Waals surface area contributed by atoms with Crippen LogP contribution < -0.4 is 5.32 Å². The van der Waals surface area contributed by atoms with Crippen molar-refractivity contribution in [1.82, 2.24) is 10.2 Å². The molecule has 0 aromatic carbocycles. The summed E-state index contributed by atoms with van der Waals surface area (Å²) < 4.78 is 13.1. The summed E-state index contributed by atoms with van der Waals surface area (Å²) >= 11 is 0. The lowest BCUT2D eigenvalue weighted by Crippen LogP contribution is -2.38. The molecule has 1 N–H and O–H groups in total. The van der Waals surface area contributed by atoms with Crippen LogP contribution in [-0.2, 0) is 4.79 Å². The molecule has 0 radical (unpaired) electrons. The Labute approximate surface area is 78.3 Å². The third-order valence-corrected chi connectivity index (χ3v) is 2.34. The molecule has 0 bridgehead atoms. The van der Waals surface area contributed by atoms with Gasteiger partial charge < -0.3 is 5.32 Å². The minimum absolute atomic E-state index is 0.0332. The van der Waals surface area contributed by atoms with E-state index in [2.05, 4.69) is 5.32 Å². The number of nitrogens with one attached hydrogen (secondary N) is 1. The van der Waals surface area contributed by atoms with Gasteiger partial charge in [-0.25, -0.2) is 4.39 Å². The molecule has 1 fully saturated rings. The fourth-order valence-electron chi connectivity index (χ4n) is 1.59. The van der Waals surface area contributed by atoms with Gasteiger partial charge in [-0.05, 0) is 25.8 Å². The van der Waals surface area contributed by atoms with Gasteiger partial charge in [0.25, 0.3) is 0 Å². The van der Waals surface area contributed by atoms with Crippen LogP contribution in [0.1, 0.15) is 19.3 Å². The summed E-state index contributed by atoms with van der Waals surface area (Å²) in [5.41, 5.74) is 0. The molecule has 1 saturated heterocycles. The van der Waals surface area contributed by atoms with Crippen molar-refractivity contribution >= 4 is 5.91 Å². The van der Waals surface area contributed by atoms with Crippen LogP contribution >= 0.6 is 0 Å². The number of hydrogen-bond donors (Lipinski definition) is 1. The summed E-state index contributed by atoms with van der Waals surface area (Å²) in [6, 6.07) is 0. The molecule has 3 nitrogen and oxygen atoms in total. The zero-order valence-electron chi connectivity index (χ0n) is 8.05. The second-order valence-corrected chi connectivity index (χ2v) is 3.50. The number of alkyl halides is 1. The second-order valence-electron chi connectivity index (χ2n) is 3.50. The van der Waals surface area contributed by atoms with E-state index in [0.29, 0.717) is 19.5 Å². The topological polar surface area (TPSA) is 32.3 Å². The van der Waals surface area contributed by atoms with E-state index in [1.807, 2.05) is 4.90 Å². The van der Waals surface area contributed by atoms with Gasteiger partial charge in [0.2, 0.25) is 5.91 Å². The van der Waals surface area contributed by atoms with Crippen molar-refractivity contribution in [2.75, 3.05) is 26.7 Å². The Morgan fingerprint density at radius 3 is 3.08 bits per heavy atom. The van der Waals surface area contributed by atoms with Gasteiger partial charge in [0, 0.05) is 13.6 Å². The number of nitrogens with zero attached hydrogens (tertiary/aromatic N) is 1. The predicted molar refractivity (Wildman–Crippen MR) is 49.3 cm³/mol. The molecule has 0 saturated carbocycles. The molecule has 0 aromatic heterocycles. The first kappa shape index (κ1) is 10.4. The first-order chi connectivity index (χ1) is 6.22. The largest absolute Gasteiger partial charge is 0.358 e. The van der Waals surface area contributed by atoms with Crippen LogP contribution in [0, 0.1) is 0 Å². The van der Waals surface area contributed by atoms with Crippen LogP contribution in [0.3, 0.4) is 0 Å². The van der Waals surface area contributed by atoms with Gasteiger partial charge in [0.1, 0.15) is 6.17 Å². The highest BCUT2D eigenvalue weighted by Gasteiger charge is 2.18. The molecule has 1 amide bonds. The lowest BCUT2D eigenvalue weighted by atomic mass is 10.2. The van der Waals surface area contributed by atoms with Crippen LogP contribution in [0.4, 0.5) is 4.39 Å². The van der Waals surface area contributed by atoms with Gasteiger partial charge in [-0.15, -0.1) is 0 Å². The lowest BCUT2D eigenvalue weighted by Gasteiger charge is -2.19. The predicted octanol–water partition coefficient (Wildman–Crippen LogP) is 0.556. The number of carbonyl (C=O) groups excluding carboxylic acids is 1. The van der Waals surface area contributed by atoms with E-state index in [9.17, 15) is 9.18 Å². The number of halogens is 1. The van der Waals surface area contributed by atoms with Gasteiger partial charge >= 0.3 is 0 Å². The summed E-state index contributed by atoms with van der Waals surface area (Å²) in [7, 11) is 1.60. The van der Waals surface area contributed by atoms with Gasteiger partial charge in [-0.3, -0.25) is 9.69 Å². The number of amides is 1. The monoisotopic (exact) mass is 188 g/mol. The summed E-state index contributed by atoms with van der Waals surface area (Å²) in [5.74, 6) is -0.0332. The molecule has 1 unspecified atom stereocenters. The normalized spacial score (nSPS) is 25.2. The van der Waals surface area contributed by atoms with Crippen LogP contribution in [0.5, 0.6) is 0 Å². The maximum absolute atomic E-state index is 13.1. The molecule has 1 atom stereocenters. The van der Waals surface area contributed by atoms with E-state index >= 15 is 0 Å². The maximum atomic E-state index is 13.1. The standard InChI is InChI=1S/C9H17FN2O/c1-11-9(13)7-12-5-3-2-4-8(10)6-12/h8H,2-7H2,1H3,(H,11,13). The highest BCUT2D eigenvalue weighted by molar-refractivity contribution is 5.77. The van der Waals surface area contributed by atoms with Crippen molar-refractivity contribution in [2.45, 2.75) is 25.4 Å². The van der Waals surface area contributed by atoms with E-state index in [4.69, 9.17) is 0 Å². The highest BCUT2D eigenvalue weighted by atomic mass is 19.1. The van der Waals surface area contributed by atoms with E-state index in [-0.39, 0.29) is 5.91 Å². The van der Waals surface area contributed by atoms with Gasteiger partial charge in [0.15, 0.2) is 0 Å². The molecule has 0 aliphatic carbocycles. The minimum atomic E-state index is -0.757. The fraction of sp³-hybridized carbons (Fsp3) is 0.889. The van der Waals surface area contributed by atoms with E-state index in [1.165, 1.54) is 0 Å². The molecule has 1 rings (SSSR count). The van der Waals surface area contributed by atoms with E-state index in [1.54, 1.807) is 7.05 Å². The molecule has 76 valence electrons. The van der Waals surface area contributed by atoms with Crippen LogP contribution in [-0.4, -0.2) is 43.7 Å². The number of likely N-dealkylation sites (N-methyl/N-ethyl adjacent to an activating group) is 1.